The van der Waals surface area contributed by atoms with Crippen LogP contribution in [-0.4, -0.2) is 44.0 Å². The number of nitrogens with zero attached hydrogens (tertiary/aromatic N) is 5. The molecule has 4 rings (SSSR count). The van der Waals surface area contributed by atoms with Crippen molar-refractivity contribution in [3.8, 4) is 0 Å². The molecule has 0 aromatic carbocycles. The Balaban J connectivity index is 1.79. The molecule has 0 fully saturated rings. The number of hydrogen-bond acceptors (Lipinski definition) is 5. The highest BCUT2D eigenvalue weighted by atomic mass is 32.1. The molecular weight excluding hydrogens is 334 g/mol. The van der Waals surface area contributed by atoms with E-state index in [1.54, 1.807) is 27.1 Å². The van der Waals surface area contributed by atoms with Crippen LogP contribution in [0.3, 0.4) is 0 Å². The normalized spacial score (nSPS) is 17.2. The van der Waals surface area contributed by atoms with Gasteiger partial charge in [-0.2, -0.15) is 0 Å². The van der Waals surface area contributed by atoms with Gasteiger partial charge in [-0.05, 0) is 37.2 Å². The summed E-state index contributed by atoms with van der Waals surface area (Å²) in [6, 6.07) is 0. The van der Waals surface area contributed by atoms with E-state index in [2.05, 4.69) is 28.9 Å². The van der Waals surface area contributed by atoms with Crippen LogP contribution in [0.2, 0.25) is 0 Å². The number of aromatic nitrogens is 4. The molecule has 0 radical (unpaired) electrons. The molecule has 3 aromatic rings. The summed E-state index contributed by atoms with van der Waals surface area (Å²) < 4.78 is 1.66. The molecular formula is C18H23N5OS. The van der Waals surface area contributed by atoms with Crippen LogP contribution in [0.25, 0.3) is 15.9 Å². The quantitative estimate of drug-likeness (QED) is 0.718. The smallest absolute Gasteiger partial charge is 0.293 e. The van der Waals surface area contributed by atoms with Gasteiger partial charge in [-0.15, -0.1) is 16.4 Å². The first-order chi connectivity index (χ1) is 12.1. The number of thiophene rings is 1. The highest BCUT2D eigenvalue weighted by Gasteiger charge is 2.25. The molecule has 0 spiro atoms. The van der Waals surface area contributed by atoms with Crippen molar-refractivity contribution in [1.29, 1.82) is 0 Å². The molecule has 0 N–H and O–H groups in total. The molecule has 6 nitrogen and oxygen atoms in total. The lowest BCUT2D eigenvalue weighted by Gasteiger charge is -2.17. The fraction of sp³-hybridized carbons (Fsp3) is 0.556. The van der Waals surface area contributed by atoms with E-state index < -0.39 is 0 Å². The maximum absolute atomic E-state index is 12.6. The van der Waals surface area contributed by atoms with E-state index in [-0.39, 0.29) is 11.7 Å². The Morgan fingerprint density at radius 2 is 2.32 bits per heavy atom. The summed E-state index contributed by atoms with van der Waals surface area (Å²) in [5, 5.41) is 5.49. The van der Waals surface area contributed by atoms with Gasteiger partial charge in [0.2, 0.25) is 5.82 Å². The number of carbonyl (C=O) groups is 1. The fourth-order valence-electron chi connectivity index (χ4n) is 3.50. The average molecular weight is 357 g/mol. The standard InChI is InChI=1S/C18H23N5OS/c1-4-5-8-22(3)18(24)15-20-16-14-12-9-11(2)6-7-13(12)25-17(14)19-10-23(16)21-15/h10-11H,4-9H2,1-3H3. The number of fused-ring (bicyclic) bond motifs is 5. The topological polar surface area (TPSA) is 63.4 Å². The van der Waals surface area contributed by atoms with Gasteiger partial charge >= 0.3 is 0 Å². The van der Waals surface area contributed by atoms with Gasteiger partial charge in [-0.3, -0.25) is 4.79 Å². The van der Waals surface area contributed by atoms with Crippen molar-refractivity contribution < 1.29 is 4.79 Å². The number of aryl methyl sites for hydroxylation is 1. The Labute approximate surface area is 150 Å². The van der Waals surface area contributed by atoms with Crippen LogP contribution < -0.4 is 0 Å². The van der Waals surface area contributed by atoms with Crippen LogP contribution in [0.5, 0.6) is 0 Å². The third-order valence-electron chi connectivity index (χ3n) is 5.01. The Kier molecular flexibility index (Phi) is 4.19. The highest BCUT2D eigenvalue weighted by molar-refractivity contribution is 7.19. The first-order valence-corrected chi connectivity index (χ1v) is 9.81. The molecule has 1 unspecified atom stereocenters. The lowest BCUT2D eigenvalue weighted by atomic mass is 9.89. The molecule has 0 saturated carbocycles. The van der Waals surface area contributed by atoms with Crippen LogP contribution >= 0.6 is 11.3 Å². The molecule has 25 heavy (non-hydrogen) atoms. The van der Waals surface area contributed by atoms with E-state index in [1.807, 2.05) is 7.05 Å². The fourth-order valence-corrected chi connectivity index (χ4v) is 4.68. The van der Waals surface area contributed by atoms with E-state index in [1.165, 1.54) is 16.9 Å². The molecule has 0 bridgehead atoms. The van der Waals surface area contributed by atoms with E-state index >= 15 is 0 Å². The lowest BCUT2D eigenvalue weighted by Crippen LogP contribution is -2.28. The minimum atomic E-state index is -0.122. The second kappa shape index (κ2) is 6.37. The molecule has 0 saturated heterocycles. The second-order valence-electron chi connectivity index (χ2n) is 7.06. The number of amides is 1. The van der Waals surface area contributed by atoms with Crippen LogP contribution in [0.4, 0.5) is 0 Å². The summed E-state index contributed by atoms with van der Waals surface area (Å²) >= 11 is 1.76. The minimum Gasteiger partial charge on any atom is -0.339 e. The van der Waals surface area contributed by atoms with Gasteiger partial charge in [0.15, 0.2) is 5.65 Å². The maximum atomic E-state index is 12.6. The Morgan fingerprint density at radius 3 is 3.12 bits per heavy atom. The van der Waals surface area contributed by atoms with Crippen LogP contribution in [0.15, 0.2) is 6.33 Å². The summed E-state index contributed by atoms with van der Waals surface area (Å²) in [7, 11) is 1.81. The van der Waals surface area contributed by atoms with E-state index in [4.69, 9.17) is 0 Å². The van der Waals surface area contributed by atoms with Crippen molar-refractivity contribution in [2.45, 2.75) is 46.0 Å². The molecule has 3 aromatic heterocycles. The SMILES string of the molecule is CCCCN(C)C(=O)c1nc2c3c4c(sc3ncn2n1)CCC(C)C4. The summed E-state index contributed by atoms with van der Waals surface area (Å²) in [6.45, 7) is 5.13. The van der Waals surface area contributed by atoms with Crippen LogP contribution in [0.1, 0.15) is 54.2 Å². The predicted octanol–water partition coefficient (Wildman–Crippen LogP) is 3.34. The first kappa shape index (κ1) is 16.4. The number of unbranched alkanes of at least 4 members (excludes halogenated alkanes) is 1. The second-order valence-corrected chi connectivity index (χ2v) is 8.14. The molecule has 1 aliphatic carbocycles. The van der Waals surface area contributed by atoms with Crippen molar-refractivity contribution >= 4 is 33.1 Å². The third-order valence-corrected chi connectivity index (χ3v) is 6.21. The van der Waals surface area contributed by atoms with Crippen molar-refractivity contribution in [2.24, 2.45) is 5.92 Å². The van der Waals surface area contributed by atoms with Gasteiger partial charge in [0, 0.05) is 18.5 Å². The summed E-state index contributed by atoms with van der Waals surface area (Å²) in [5.41, 5.74) is 2.13. The van der Waals surface area contributed by atoms with Crippen LogP contribution in [0, 0.1) is 5.92 Å². The van der Waals surface area contributed by atoms with Gasteiger partial charge in [0.05, 0.1) is 5.39 Å². The van der Waals surface area contributed by atoms with Gasteiger partial charge in [-0.25, -0.2) is 14.5 Å². The van der Waals surface area contributed by atoms with Gasteiger partial charge in [-0.1, -0.05) is 20.3 Å². The molecule has 1 atom stereocenters. The largest absolute Gasteiger partial charge is 0.339 e. The Hall–Kier alpha value is -2.02. The van der Waals surface area contributed by atoms with Gasteiger partial charge in [0.25, 0.3) is 5.91 Å². The van der Waals surface area contributed by atoms with E-state index in [0.29, 0.717) is 5.92 Å². The maximum Gasteiger partial charge on any atom is 0.293 e. The lowest BCUT2D eigenvalue weighted by molar-refractivity contribution is 0.0781. The van der Waals surface area contributed by atoms with E-state index in [0.717, 1.165) is 48.1 Å². The van der Waals surface area contributed by atoms with Crippen molar-refractivity contribution in [3.05, 3.63) is 22.6 Å². The van der Waals surface area contributed by atoms with Gasteiger partial charge < -0.3 is 4.90 Å². The minimum absolute atomic E-state index is 0.122. The molecule has 0 aliphatic heterocycles. The number of hydrogen-bond donors (Lipinski definition) is 0. The zero-order chi connectivity index (χ0) is 17.6. The first-order valence-electron chi connectivity index (χ1n) is 8.99. The number of carbonyl (C=O) groups excluding carboxylic acids is 1. The number of rotatable bonds is 4. The van der Waals surface area contributed by atoms with E-state index in [9.17, 15) is 4.79 Å². The zero-order valence-electron chi connectivity index (χ0n) is 14.9. The zero-order valence-corrected chi connectivity index (χ0v) is 15.8. The van der Waals surface area contributed by atoms with Crippen molar-refractivity contribution in [2.75, 3.05) is 13.6 Å². The van der Waals surface area contributed by atoms with Crippen molar-refractivity contribution in [3.63, 3.8) is 0 Å². The molecule has 3 heterocycles. The van der Waals surface area contributed by atoms with Gasteiger partial charge in [0.1, 0.15) is 11.2 Å². The molecule has 1 aliphatic rings. The predicted molar refractivity (Wildman–Crippen MR) is 99.2 cm³/mol. The highest BCUT2D eigenvalue weighted by Crippen LogP contribution is 2.38. The van der Waals surface area contributed by atoms with Crippen molar-refractivity contribution in [1.82, 2.24) is 24.5 Å². The molecule has 132 valence electrons. The molecule has 1 amide bonds. The average Bonchev–Trinajstić information content (AvgIpc) is 3.19. The summed E-state index contributed by atoms with van der Waals surface area (Å²) in [4.78, 5) is 25.9. The Morgan fingerprint density at radius 1 is 1.48 bits per heavy atom. The monoisotopic (exact) mass is 357 g/mol. The summed E-state index contributed by atoms with van der Waals surface area (Å²) in [5.74, 6) is 0.814. The summed E-state index contributed by atoms with van der Waals surface area (Å²) in [6.07, 6.45) is 7.12. The third kappa shape index (κ3) is 2.80. The van der Waals surface area contributed by atoms with Crippen LogP contribution in [-0.2, 0) is 12.8 Å². The Bertz CT molecular complexity index is 944. The molecule has 7 heteroatoms.